The van der Waals surface area contributed by atoms with Gasteiger partial charge in [0.25, 0.3) is 5.76 Å². The lowest BCUT2D eigenvalue weighted by molar-refractivity contribution is -0.154. The largest absolute Gasteiger partial charge is 0.497 e. The molecule has 0 fully saturated rings. The Morgan fingerprint density at radius 1 is 0.885 bits per heavy atom. The molecule has 2 aromatic carbocycles. The molecule has 1 aromatic heterocycles. The Kier molecular flexibility index (Phi) is 4.50. The van der Waals surface area contributed by atoms with Gasteiger partial charge in [0, 0.05) is 6.07 Å². The van der Waals surface area contributed by atoms with E-state index in [2.05, 4.69) is 0 Å². The van der Waals surface area contributed by atoms with Crippen molar-refractivity contribution in [3.05, 3.63) is 58.4 Å². The zero-order valence-corrected chi connectivity index (χ0v) is 13.7. The third kappa shape index (κ3) is 3.30. The third-order valence-electron chi connectivity index (χ3n) is 3.59. The number of alkyl halides is 3. The van der Waals surface area contributed by atoms with Gasteiger partial charge < -0.3 is 18.6 Å². The van der Waals surface area contributed by atoms with Crippen LogP contribution in [-0.4, -0.2) is 14.2 Å². The summed E-state index contributed by atoms with van der Waals surface area (Å²) in [4.78, 5) is 12.6. The number of hydrogen-bond acceptors (Lipinski definition) is 5. The highest BCUT2D eigenvalue weighted by atomic mass is 19.4. The van der Waals surface area contributed by atoms with Crippen LogP contribution < -0.4 is 19.6 Å². The molecule has 0 saturated carbocycles. The second-order valence-corrected chi connectivity index (χ2v) is 5.23. The van der Waals surface area contributed by atoms with E-state index in [1.54, 1.807) is 0 Å². The summed E-state index contributed by atoms with van der Waals surface area (Å²) in [6.07, 6.45) is -4.92. The van der Waals surface area contributed by atoms with E-state index >= 15 is 0 Å². The van der Waals surface area contributed by atoms with Gasteiger partial charge >= 0.3 is 6.18 Å². The fourth-order valence-corrected chi connectivity index (χ4v) is 2.32. The third-order valence-corrected chi connectivity index (χ3v) is 3.59. The van der Waals surface area contributed by atoms with Gasteiger partial charge in [-0.25, -0.2) is 0 Å². The Balaban J connectivity index is 2.18. The Bertz CT molecular complexity index is 991. The fraction of sp³-hybridized carbons (Fsp3) is 0.167. The molecule has 0 aliphatic heterocycles. The fourth-order valence-electron chi connectivity index (χ4n) is 2.32. The molecule has 0 unspecified atom stereocenters. The van der Waals surface area contributed by atoms with Crippen molar-refractivity contribution in [1.82, 2.24) is 0 Å². The molecule has 0 N–H and O–H groups in total. The minimum Gasteiger partial charge on any atom is -0.497 e. The van der Waals surface area contributed by atoms with Crippen LogP contribution in [0.5, 0.6) is 23.0 Å². The van der Waals surface area contributed by atoms with Crippen LogP contribution in [0.2, 0.25) is 0 Å². The van der Waals surface area contributed by atoms with Crippen molar-refractivity contribution in [2.75, 3.05) is 14.2 Å². The molecule has 0 spiro atoms. The molecule has 1 heterocycles. The van der Waals surface area contributed by atoms with Gasteiger partial charge in [0.2, 0.25) is 11.2 Å². The van der Waals surface area contributed by atoms with Crippen molar-refractivity contribution in [2.45, 2.75) is 6.18 Å². The van der Waals surface area contributed by atoms with E-state index in [9.17, 15) is 18.0 Å². The van der Waals surface area contributed by atoms with Crippen LogP contribution in [0.1, 0.15) is 5.76 Å². The van der Waals surface area contributed by atoms with Crippen LogP contribution >= 0.6 is 0 Å². The normalized spacial score (nSPS) is 11.4. The Hall–Kier alpha value is -3.16. The first-order valence-electron chi connectivity index (χ1n) is 7.37. The minimum atomic E-state index is -4.92. The van der Waals surface area contributed by atoms with Crippen molar-refractivity contribution in [1.29, 1.82) is 0 Å². The molecule has 8 heteroatoms. The Labute approximate surface area is 145 Å². The summed E-state index contributed by atoms with van der Waals surface area (Å²) >= 11 is 0. The smallest absolute Gasteiger partial charge is 0.453 e. The standard InChI is InChI=1S/C18H13F3O5/c1-23-10-3-5-11(6-4-10)25-16-15(22)13-8-7-12(24-2)9-14(13)26-17(16)18(19,20)21/h3-9H,1-2H3. The Morgan fingerprint density at radius 2 is 1.46 bits per heavy atom. The summed E-state index contributed by atoms with van der Waals surface area (Å²) in [6, 6.07) is 9.74. The van der Waals surface area contributed by atoms with Crippen molar-refractivity contribution in [3.8, 4) is 23.0 Å². The number of benzene rings is 2. The monoisotopic (exact) mass is 366 g/mol. The lowest BCUT2D eigenvalue weighted by Gasteiger charge is -2.13. The first-order chi connectivity index (χ1) is 12.3. The highest BCUT2D eigenvalue weighted by Crippen LogP contribution is 2.38. The summed E-state index contributed by atoms with van der Waals surface area (Å²) in [6.45, 7) is 0. The molecule has 136 valence electrons. The lowest BCUT2D eigenvalue weighted by Crippen LogP contribution is -2.15. The molecule has 0 atom stereocenters. The lowest BCUT2D eigenvalue weighted by atomic mass is 10.2. The van der Waals surface area contributed by atoms with Crippen molar-refractivity contribution in [3.63, 3.8) is 0 Å². The molecule has 0 saturated heterocycles. The predicted octanol–water partition coefficient (Wildman–Crippen LogP) is 4.62. The summed E-state index contributed by atoms with van der Waals surface area (Å²) in [5.74, 6) is -1.65. The summed E-state index contributed by atoms with van der Waals surface area (Å²) in [5.41, 5.74) is -1.18. The van der Waals surface area contributed by atoms with Crippen LogP contribution in [0, 0.1) is 0 Å². The predicted molar refractivity (Wildman–Crippen MR) is 87.1 cm³/mol. The minimum absolute atomic E-state index is 0.0384. The van der Waals surface area contributed by atoms with Gasteiger partial charge in [0.05, 0.1) is 19.6 Å². The van der Waals surface area contributed by atoms with E-state index in [0.29, 0.717) is 5.75 Å². The molecule has 26 heavy (non-hydrogen) atoms. The Morgan fingerprint density at radius 3 is 2.04 bits per heavy atom. The van der Waals surface area contributed by atoms with E-state index in [4.69, 9.17) is 18.6 Å². The van der Waals surface area contributed by atoms with Gasteiger partial charge in [-0.3, -0.25) is 4.79 Å². The van der Waals surface area contributed by atoms with Crippen LogP contribution in [0.15, 0.2) is 51.7 Å². The highest BCUT2D eigenvalue weighted by Gasteiger charge is 2.40. The molecule has 0 aliphatic carbocycles. The van der Waals surface area contributed by atoms with Crippen molar-refractivity contribution in [2.24, 2.45) is 0 Å². The number of halogens is 3. The average Bonchev–Trinajstić information content (AvgIpc) is 2.63. The zero-order valence-electron chi connectivity index (χ0n) is 13.7. The van der Waals surface area contributed by atoms with E-state index in [-0.39, 0.29) is 22.5 Å². The SMILES string of the molecule is COc1ccc(Oc2c(C(F)(F)F)oc3cc(OC)ccc3c2=O)cc1. The maximum absolute atomic E-state index is 13.4. The van der Waals surface area contributed by atoms with Crippen LogP contribution in [0.25, 0.3) is 11.0 Å². The quantitative estimate of drug-likeness (QED) is 0.674. The average molecular weight is 366 g/mol. The summed E-state index contributed by atoms with van der Waals surface area (Å²) in [5, 5.41) is -0.0534. The first-order valence-corrected chi connectivity index (χ1v) is 7.37. The van der Waals surface area contributed by atoms with Gasteiger partial charge in [-0.1, -0.05) is 0 Å². The molecule has 5 nitrogen and oxygen atoms in total. The van der Waals surface area contributed by atoms with Gasteiger partial charge in [0.15, 0.2) is 0 Å². The van der Waals surface area contributed by atoms with Gasteiger partial charge in [-0.05, 0) is 36.4 Å². The van der Waals surface area contributed by atoms with E-state index in [1.807, 2.05) is 0 Å². The first kappa shape index (κ1) is 17.7. The van der Waals surface area contributed by atoms with Crippen LogP contribution in [0.4, 0.5) is 13.2 Å². The second-order valence-electron chi connectivity index (χ2n) is 5.23. The van der Waals surface area contributed by atoms with Gasteiger partial charge in [-0.2, -0.15) is 13.2 Å². The van der Waals surface area contributed by atoms with Crippen molar-refractivity contribution < 1.29 is 31.8 Å². The molecular formula is C18H13F3O5. The molecule has 3 rings (SSSR count). The van der Waals surface area contributed by atoms with Crippen molar-refractivity contribution >= 4 is 11.0 Å². The topological polar surface area (TPSA) is 57.9 Å². The second kappa shape index (κ2) is 6.62. The molecule has 3 aromatic rings. The maximum atomic E-state index is 13.4. The number of rotatable bonds is 4. The molecule has 0 amide bonds. The van der Waals surface area contributed by atoms with E-state index in [0.717, 1.165) is 0 Å². The van der Waals surface area contributed by atoms with Crippen LogP contribution in [-0.2, 0) is 6.18 Å². The molecule has 0 radical (unpaired) electrons. The summed E-state index contributed by atoms with van der Waals surface area (Å²) < 4.78 is 60.3. The highest BCUT2D eigenvalue weighted by molar-refractivity contribution is 5.79. The maximum Gasteiger partial charge on any atom is 0.453 e. The number of ether oxygens (including phenoxy) is 3. The molecular weight excluding hydrogens is 353 g/mol. The summed E-state index contributed by atoms with van der Waals surface area (Å²) in [7, 11) is 2.80. The number of hydrogen-bond donors (Lipinski definition) is 0. The molecule has 0 aliphatic rings. The van der Waals surface area contributed by atoms with Gasteiger partial charge in [0.1, 0.15) is 22.8 Å². The van der Waals surface area contributed by atoms with Crippen LogP contribution in [0.3, 0.4) is 0 Å². The molecule has 0 bridgehead atoms. The number of fused-ring (bicyclic) bond motifs is 1. The van der Waals surface area contributed by atoms with E-state index < -0.39 is 23.1 Å². The van der Waals surface area contributed by atoms with E-state index in [1.165, 1.54) is 56.7 Å². The van der Waals surface area contributed by atoms with Gasteiger partial charge in [-0.15, -0.1) is 0 Å². The zero-order chi connectivity index (χ0) is 18.9. The number of methoxy groups -OCH3 is 2.